The van der Waals surface area contributed by atoms with Crippen molar-refractivity contribution < 1.29 is 28.8 Å². The van der Waals surface area contributed by atoms with Crippen LogP contribution in [0.15, 0.2) is 59.3 Å². The second-order valence-electron chi connectivity index (χ2n) is 8.35. The van der Waals surface area contributed by atoms with Crippen LogP contribution in [0.5, 0.6) is 0 Å². The summed E-state index contributed by atoms with van der Waals surface area (Å²) in [5.41, 5.74) is 4.85. The second kappa shape index (κ2) is 9.01. The summed E-state index contributed by atoms with van der Waals surface area (Å²) in [6, 6.07) is 15.2. The van der Waals surface area contributed by atoms with E-state index in [1.807, 2.05) is 36.4 Å². The van der Waals surface area contributed by atoms with Crippen molar-refractivity contribution in [3.8, 4) is 11.1 Å². The first-order valence-corrected chi connectivity index (χ1v) is 11.1. The summed E-state index contributed by atoms with van der Waals surface area (Å²) in [6.45, 7) is 0.429. The van der Waals surface area contributed by atoms with Crippen LogP contribution in [0.25, 0.3) is 11.1 Å². The van der Waals surface area contributed by atoms with Crippen molar-refractivity contribution in [3.05, 3.63) is 77.2 Å². The van der Waals surface area contributed by atoms with Crippen LogP contribution in [-0.4, -0.2) is 52.3 Å². The lowest BCUT2D eigenvalue weighted by Gasteiger charge is -2.20. The lowest BCUT2D eigenvalue weighted by Crippen LogP contribution is -2.40. The molecule has 0 saturated carbocycles. The van der Waals surface area contributed by atoms with Gasteiger partial charge in [-0.25, -0.2) is 9.59 Å². The summed E-state index contributed by atoms with van der Waals surface area (Å²) in [5.74, 6) is -1.58. The number of hydrogen-bond donors (Lipinski definition) is 2. The number of aliphatic carboxylic acids is 1. The molecule has 1 aliphatic heterocycles. The van der Waals surface area contributed by atoms with Gasteiger partial charge in [-0.05, 0) is 35.1 Å². The zero-order chi connectivity index (χ0) is 23.7. The topological polar surface area (TPSA) is 122 Å². The number of rotatable bonds is 6. The number of amides is 2. The molecule has 1 saturated heterocycles. The number of aromatic nitrogens is 1. The van der Waals surface area contributed by atoms with Crippen molar-refractivity contribution in [3.63, 3.8) is 0 Å². The van der Waals surface area contributed by atoms with Crippen LogP contribution >= 0.6 is 0 Å². The number of carboxylic acid groups (broad SMARTS) is 1. The number of carbonyl (C=O) groups is 3. The fraction of sp³-hybridized carbons (Fsp3) is 0.280. The molecule has 34 heavy (non-hydrogen) atoms. The van der Waals surface area contributed by atoms with Crippen LogP contribution < -0.4 is 5.32 Å². The first-order chi connectivity index (χ1) is 16.5. The third-order valence-corrected chi connectivity index (χ3v) is 6.42. The maximum Gasteiger partial charge on any atom is 0.407 e. The average molecular weight is 461 g/mol. The van der Waals surface area contributed by atoms with Crippen molar-refractivity contribution >= 4 is 18.0 Å². The number of ether oxygens (including phenoxy) is 1. The summed E-state index contributed by atoms with van der Waals surface area (Å²) < 4.78 is 10.4. The van der Waals surface area contributed by atoms with E-state index in [2.05, 4.69) is 22.6 Å². The van der Waals surface area contributed by atoms with Crippen LogP contribution in [0.2, 0.25) is 0 Å². The smallest absolute Gasteiger partial charge is 0.407 e. The highest BCUT2D eigenvalue weighted by Crippen LogP contribution is 2.44. The molecule has 5 rings (SSSR count). The molecule has 2 heterocycles. The van der Waals surface area contributed by atoms with Crippen LogP contribution in [0.1, 0.15) is 45.9 Å². The lowest BCUT2D eigenvalue weighted by molar-refractivity contribution is -0.141. The van der Waals surface area contributed by atoms with E-state index in [0.29, 0.717) is 19.4 Å². The van der Waals surface area contributed by atoms with E-state index in [9.17, 15) is 19.5 Å². The number of nitrogens with one attached hydrogen (secondary N) is 1. The van der Waals surface area contributed by atoms with Crippen LogP contribution in [0, 0.1) is 0 Å². The maximum atomic E-state index is 12.8. The first kappa shape index (κ1) is 21.7. The van der Waals surface area contributed by atoms with E-state index in [1.54, 1.807) is 0 Å². The Bertz CT molecular complexity index is 1210. The Morgan fingerprint density at radius 3 is 2.44 bits per heavy atom. The zero-order valence-electron chi connectivity index (χ0n) is 18.3. The van der Waals surface area contributed by atoms with Gasteiger partial charge in [0.2, 0.25) is 0 Å². The molecule has 0 spiro atoms. The molecular weight excluding hydrogens is 438 g/mol. The Morgan fingerprint density at radius 2 is 1.76 bits per heavy atom. The molecule has 1 aromatic heterocycles. The number of benzene rings is 2. The van der Waals surface area contributed by atoms with Crippen molar-refractivity contribution in [2.24, 2.45) is 0 Å². The highest BCUT2D eigenvalue weighted by Gasteiger charge is 2.36. The number of alkyl carbamates (subject to hydrolysis) is 1. The van der Waals surface area contributed by atoms with Crippen molar-refractivity contribution in [2.45, 2.75) is 31.3 Å². The molecule has 2 amide bonds. The van der Waals surface area contributed by atoms with E-state index in [4.69, 9.17) is 9.26 Å². The predicted octanol–water partition coefficient (Wildman–Crippen LogP) is 3.40. The third-order valence-electron chi connectivity index (χ3n) is 6.42. The van der Waals surface area contributed by atoms with E-state index in [0.717, 1.165) is 22.3 Å². The van der Waals surface area contributed by atoms with Crippen LogP contribution in [-0.2, 0) is 16.1 Å². The van der Waals surface area contributed by atoms with Gasteiger partial charge >= 0.3 is 12.1 Å². The predicted molar refractivity (Wildman–Crippen MR) is 120 cm³/mol. The summed E-state index contributed by atoms with van der Waals surface area (Å²) in [4.78, 5) is 38.0. The van der Waals surface area contributed by atoms with Gasteiger partial charge in [-0.2, -0.15) is 0 Å². The Hall–Kier alpha value is -4.14. The summed E-state index contributed by atoms with van der Waals surface area (Å²) in [7, 11) is 0. The fourth-order valence-corrected chi connectivity index (χ4v) is 4.79. The van der Waals surface area contributed by atoms with E-state index >= 15 is 0 Å². The van der Waals surface area contributed by atoms with Crippen molar-refractivity contribution in [1.82, 2.24) is 15.4 Å². The average Bonchev–Trinajstić information content (AvgIpc) is 3.59. The van der Waals surface area contributed by atoms with Crippen molar-refractivity contribution in [1.29, 1.82) is 0 Å². The number of nitrogens with zero attached hydrogens (tertiary/aromatic N) is 2. The molecule has 3 aromatic rings. The normalized spacial score (nSPS) is 16.7. The van der Waals surface area contributed by atoms with E-state index < -0.39 is 24.0 Å². The monoisotopic (exact) mass is 461 g/mol. The summed E-state index contributed by atoms with van der Waals surface area (Å²) in [6.07, 6.45) is 1.54. The largest absolute Gasteiger partial charge is 0.480 e. The number of hydrogen-bond acceptors (Lipinski definition) is 6. The molecule has 1 atom stereocenters. The fourth-order valence-electron chi connectivity index (χ4n) is 4.79. The lowest BCUT2D eigenvalue weighted by atomic mass is 9.98. The summed E-state index contributed by atoms with van der Waals surface area (Å²) >= 11 is 0. The standard InChI is InChI=1S/C25H23N3O6/c29-23(28-11-5-10-22(28)24(30)31)20-14-34-27-21(20)12-26-25(32)33-13-19-17-8-3-1-6-15(17)16-7-2-4-9-18(16)19/h1-4,6-9,14,19,22H,5,10-13H2,(H,26,32)(H,30,31). The Balaban J connectivity index is 1.21. The minimum atomic E-state index is -1.04. The number of fused-ring (bicyclic) bond motifs is 3. The number of carboxylic acids is 1. The van der Waals surface area contributed by atoms with Crippen LogP contribution in [0.3, 0.4) is 0 Å². The second-order valence-corrected chi connectivity index (χ2v) is 8.35. The van der Waals surface area contributed by atoms with Crippen molar-refractivity contribution in [2.75, 3.05) is 13.2 Å². The Morgan fingerprint density at radius 1 is 1.09 bits per heavy atom. The van der Waals surface area contributed by atoms with Crippen LogP contribution in [0.4, 0.5) is 4.79 Å². The van der Waals surface area contributed by atoms with Gasteiger partial charge in [0.1, 0.15) is 30.2 Å². The van der Waals surface area contributed by atoms with Gasteiger partial charge in [0.15, 0.2) is 0 Å². The van der Waals surface area contributed by atoms with E-state index in [-0.39, 0.29) is 30.3 Å². The van der Waals surface area contributed by atoms with Gasteiger partial charge in [-0.15, -0.1) is 0 Å². The molecule has 1 aliphatic carbocycles. The molecule has 2 aliphatic rings. The quantitative estimate of drug-likeness (QED) is 0.577. The maximum absolute atomic E-state index is 12.8. The molecule has 174 valence electrons. The molecule has 9 nitrogen and oxygen atoms in total. The molecule has 0 radical (unpaired) electrons. The van der Waals surface area contributed by atoms with Gasteiger partial charge in [-0.1, -0.05) is 53.7 Å². The number of likely N-dealkylation sites (tertiary alicyclic amines) is 1. The molecule has 9 heteroatoms. The molecule has 0 bridgehead atoms. The zero-order valence-corrected chi connectivity index (χ0v) is 18.3. The molecular formula is C25H23N3O6. The highest BCUT2D eigenvalue weighted by molar-refractivity contribution is 5.97. The molecule has 2 aromatic carbocycles. The Kier molecular flexibility index (Phi) is 5.75. The number of carbonyl (C=O) groups excluding carboxylic acids is 2. The minimum absolute atomic E-state index is 0.0644. The van der Waals surface area contributed by atoms with Gasteiger partial charge in [-0.3, -0.25) is 4.79 Å². The highest BCUT2D eigenvalue weighted by atomic mass is 16.5. The van der Waals surface area contributed by atoms with Gasteiger partial charge in [0.05, 0.1) is 6.54 Å². The van der Waals surface area contributed by atoms with Gasteiger partial charge in [0, 0.05) is 12.5 Å². The minimum Gasteiger partial charge on any atom is -0.480 e. The third kappa shape index (κ3) is 3.89. The molecule has 2 N–H and O–H groups in total. The van der Waals surface area contributed by atoms with E-state index in [1.165, 1.54) is 11.2 Å². The SMILES string of the molecule is O=C(NCc1nocc1C(=O)N1CCCC1C(=O)O)OCC1c2ccccc2-c2ccccc21. The van der Waals surface area contributed by atoms with Gasteiger partial charge in [0.25, 0.3) is 5.91 Å². The Labute approximate surface area is 195 Å². The van der Waals surface area contributed by atoms with Gasteiger partial charge < -0.3 is 24.6 Å². The first-order valence-electron chi connectivity index (χ1n) is 11.1. The molecule has 1 fully saturated rings. The molecule has 1 unspecified atom stereocenters. The summed E-state index contributed by atoms with van der Waals surface area (Å²) in [5, 5.41) is 15.8.